The minimum atomic E-state index is -0.626. The normalized spacial score (nSPS) is 10.0. The van der Waals surface area contributed by atoms with Crippen LogP contribution in [0.4, 0.5) is 4.39 Å². The van der Waals surface area contributed by atoms with Crippen molar-refractivity contribution in [2.24, 2.45) is 0 Å². The van der Waals surface area contributed by atoms with E-state index in [1.807, 2.05) is 30.3 Å². The zero-order valence-electron chi connectivity index (χ0n) is 10.4. The monoisotopic (exact) mass is 260 g/mol. The molecule has 0 heterocycles. The Morgan fingerprint density at radius 1 is 1.16 bits per heavy atom. The van der Waals surface area contributed by atoms with E-state index in [0.717, 1.165) is 11.6 Å². The van der Waals surface area contributed by atoms with Crippen LogP contribution in [-0.4, -0.2) is 13.4 Å². The third kappa shape index (κ3) is 3.10. The molecule has 0 aliphatic heterocycles. The first-order valence-corrected chi connectivity index (χ1v) is 5.74. The molecule has 0 N–H and O–H groups in total. The van der Waals surface area contributed by atoms with Crippen LogP contribution in [0.2, 0.25) is 0 Å². The first-order valence-electron chi connectivity index (χ1n) is 5.74. The van der Waals surface area contributed by atoms with E-state index in [9.17, 15) is 9.18 Å². The molecule has 0 saturated heterocycles. The average molecular weight is 260 g/mol. The number of hydrogen-bond acceptors (Lipinski definition) is 3. The molecule has 0 spiro atoms. The molecule has 0 bridgehead atoms. The Kier molecular flexibility index (Phi) is 4.13. The van der Waals surface area contributed by atoms with Gasteiger partial charge in [-0.25, -0.2) is 4.39 Å². The van der Waals surface area contributed by atoms with E-state index >= 15 is 0 Å². The molecule has 3 nitrogen and oxygen atoms in total. The summed E-state index contributed by atoms with van der Waals surface area (Å²) in [4.78, 5) is 10.7. The molecule has 2 aromatic rings. The maximum absolute atomic E-state index is 13.4. The Morgan fingerprint density at radius 2 is 1.89 bits per heavy atom. The van der Waals surface area contributed by atoms with Crippen molar-refractivity contribution in [3.63, 3.8) is 0 Å². The summed E-state index contributed by atoms with van der Waals surface area (Å²) in [6.45, 7) is 0.321. The number of hydrogen-bond donors (Lipinski definition) is 0. The first kappa shape index (κ1) is 13.1. The molecule has 4 heteroatoms. The minimum Gasteiger partial charge on any atom is -0.493 e. The van der Waals surface area contributed by atoms with Crippen LogP contribution >= 0.6 is 0 Å². The number of benzene rings is 2. The Hall–Kier alpha value is -2.36. The maximum atomic E-state index is 13.4. The Bertz CT molecular complexity index is 567. The Morgan fingerprint density at radius 3 is 2.53 bits per heavy atom. The van der Waals surface area contributed by atoms with E-state index in [-0.39, 0.29) is 11.3 Å². The van der Waals surface area contributed by atoms with Gasteiger partial charge in [0.05, 0.1) is 12.7 Å². The van der Waals surface area contributed by atoms with Crippen molar-refractivity contribution in [3.05, 3.63) is 59.4 Å². The van der Waals surface area contributed by atoms with Gasteiger partial charge in [0, 0.05) is 6.07 Å². The summed E-state index contributed by atoms with van der Waals surface area (Å²) in [5.74, 6) is -0.0206. The molecule has 19 heavy (non-hydrogen) atoms. The molecule has 2 rings (SSSR count). The number of halogens is 1. The summed E-state index contributed by atoms with van der Waals surface area (Å²) in [6, 6.07) is 12.0. The van der Waals surface area contributed by atoms with Gasteiger partial charge >= 0.3 is 0 Å². The van der Waals surface area contributed by atoms with Gasteiger partial charge in [0.1, 0.15) is 12.4 Å². The lowest BCUT2D eigenvalue weighted by Gasteiger charge is -2.11. The molecule has 0 unspecified atom stereocenters. The number of ether oxygens (including phenoxy) is 2. The molecule has 0 aromatic heterocycles. The SMILES string of the molecule is COc1cc(F)c(C=O)cc1OCc1ccccc1. The van der Waals surface area contributed by atoms with Gasteiger partial charge in [-0.1, -0.05) is 30.3 Å². The molecule has 0 saturated carbocycles. The van der Waals surface area contributed by atoms with Gasteiger partial charge in [-0.15, -0.1) is 0 Å². The Balaban J connectivity index is 2.21. The third-order valence-electron chi connectivity index (χ3n) is 2.65. The molecule has 2 aromatic carbocycles. The smallest absolute Gasteiger partial charge is 0.163 e. The lowest BCUT2D eigenvalue weighted by atomic mass is 10.2. The molecule has 0 radical (unpaired) electrons. The highest BCUT2D eigenvalue weighted by Gasteiger charge is 2.11. The molecular weight excluding hydrogens is 247 g/mol. The number of carbonyl (C=O) groups excluding carboxylic acids is 1. The molecular formula is C15H13FO3. The molecule has 0 fully saturated rings. The van der Waals surface area contributed by atoms with E-state index in [1.165, 1.54) is 13.2 Å². The van der Waals surface area contributed by atoms with Crippen LogP contribution in [0.5, 0.6) is 11.5 Å². The summed E-state index contributed by atoms with van der Waals surface area (Å²) >= 11 is 0. The summed E-state index contributed by atoms with van der Waals surface area (Å²) in [7, 11) is 1.42. The van der Waals surface area contributed by atoms with E-state index in [2.05, 4.69) is 0 Å². The quantitative estimate of drug-likeness (QED) is 0.774. The predicted molar refractivity (Wildman–Crippen MR) is 69.1 cm³/mol. The second-order valence-corrected chi connectivity index (χ2v) is 3.92. The van der Waals surface area contributed by atoms with Crippen molar-refractivity contribution in [3.8, 4) is 11.5 Å². The van der Waals surface area contributed by atoms with Gasteiger partial charge in [0.15, 0.2) is 17.8 Å². The van der Waals surface area contributed by atoms with Crippen molar-refractivity contribution in [2.45, 2.75) is 6.61 Å². The van der Waals surface area contributed by atoms with Gasteiger partial charge in [-0.3, -0.25) is 4.79 Å². The van der Waals surface area contributed by atoms with Gasteiger partial charge in [-0.05, 0) is 11.6 Å². The second-order valence-electron chi connectivity index (χ2n) is 3.92. The van der Waals surface area contributed by atoms with Crippen LogP contribution in [0.1, 0.15) is 15.9 Å². The summed E-state index contributed by atoms with van der Waals surface area (Å²) in [5, 5.41) is 0. The highest BCUT2D eigenvalue weighted by molar-refractivity contribution is 5.77. The lowest BCUT2D eigenvalue weighted by Crippen LogP contribution is -2.00. The molecule has 0 amide bonds. The second kappa shape index (κ2) is 6.00. The number of rotatable bonds is 5. The summed E-state index contributed by atoms with van der Waals surface area (Å²) in [5.41, 5.74) is 0.922. The lowest BCUT2D eigenvalue weighted by molar-refractivity contribution is 0.111. The molecule has 98 valence electrons. The Labute approximate surface area is 110 Å². The van der Waals surface area contributed by atoms with E-state index in [4.69, 9.17) is 9.47 Å². The zero-order valence-corrected chi connectivity index (χ0v) is 10.4. The number of methoxy groups -OCH3 is 1. The molecule has 0 aliphatic rings. The minimum absolute atomic E-state index is 0.0520. The van der Waals surface area contributed by atoms with Gasteiger partial charge in [0.25, 0.3) is 0 Å². The van der Waals surface area contributed by atoms with Crippen LogP contribution in [0.3, 0.4) is 0 Å². The predicted octanol–water partition coefficient (Wildman–Crippen LogP) is 3.23. The highest BCUT2D eigenvalue weighted by atomic mass is 19.1. The van der Waals surface area contributed by atoms with E-state index < -0.39 is 5.82 Å². The number of carbonyl (C=O) groups is 1. The van der Waals surface area contributed by atoms with Crippen LogP contribution in [0, 0.1) is 5.82 Å². The standard InChI is InChI=1S/C15H13FO3/c1-18-14-8-13(16)12(9-17)7-15(14)19-10-11-5-3-2-4-6-11/h2-9H,10H2,1H3. The first-order chi connectivity index (χ1) is 9.24. The van der Waals surface area contributed by atoms with E-state index in [0.29, 0.717) is 18.6 Å². The van der Waals surface area contributed by atoms with Crippen molar-refractivity contribution in [1.29, 1.82) is 0 Å². The highest BCUT2D eigenvalue weighted by Crippen LogP contribution is 2.30. The van der Waals surface area contributed by atoms with Gasteiger partial charge in [-0.2, -0.15) is 0 Å². The summed E-state index contributed by atoms with van der Waals surface area (Å²) in [6.07, 6.45) is 0.449. The van der Waals surface area contributed by atoms with Crippen LogP contribution in [0.25, 0.3) is 0 Å². The van der Waals surface area contributed by atoms with Crippen molar-refractivity contribution in [1.82, 2.24) is 0 Å². The number of aldehydes is 1. The molecule has 0 atom stereocenters. The molecule has 0 aliphatic carbocycles. The summed E-state index contributed by atoms with van der Waals surface area (Å²) < 4.78 is 24.0. The van der Waals surface area contributed by atoms with Gasteiger partial charge in [0.2, 0.25) is 0 Å². The van der Waals surface area contributed by atoms with Crippen molar-refractivity contribution >= 4 is 6.29 Å². The zero-order chi connectivity index (χ0) is 13.7. The van der Waals surface area contributed by atoms with Crippen molar-refractivity contribution in [2.75, 3.05) is 7.11 Å². The van der Waals surface area contributed by atoms with Gasteiger partial charge < -0.3 is 9.47 Å². The fourth-order valence-electron chi connectivity index (χ4n) is 1.65. The largest absolute Gasteiger partial charge is 0.493 e. The fourth-order valence-corrected chi connectivity index (χ4v) is 1.65. The average Bonchev–Trinajstić information content (AvgIpc) is 2.46. The van der Waals surface area contributed by atoms with E-state index in [1.54, 1.807) is 0 Å². The fraction of sp³-hybridized carbons (Fsp3) is 0.133. The van der Waals surface area contributed by atoms with Crippen LogP contribution in [-0.2, 0) is 6.61 Å². The van der Waals surface area contributed by atoms with Crippen LogP contribution in [0.15, 0.2) is 42.5 Å². The topological polar surface area (TPSA) is 35.5 Å². The third-order valence-corrected chi connectivity index (χ3v) is 2.65. The maximum Gasteiger partial charge on any atom is 0.163 e. The van der Waals surface area contributed by atoms with Crippen LogP contribution < -0.4 is 9.47 Å². The van der Waals surface area contributed by atoms with Crippen molar-refractivity contribution < 1.29 is 18.7 Å².